The van der Waals surface area contributed by atoms with Gasteiger partial charge in [0.25, 0.3) is 0 Å². The normalized spacial score (nSPS) is 13.7. The number of unbranched alkanes of at least 4 members (excludes halogenated alkanes) is 9. The van der Waals surface area contributed by atoms with Crippen molar-refractivity contribution in [3.63, 3.8) is 0 Å². The Morgan fingerprint density at radius 3 is 1.98 bits per heavy atom. The summed E-state index contributed by atoms with van der Waals surface area (Å²) in [5.41, 5.74) is 0. The highest BCUT2D eigenvalue weighted by molar-refractivity contribution is 5.69. The summed E-state index contributed by atoms with van der Waals surface area (Å²) in [4.78, 5) is 23.7. The van der Waals surface area contributed by atoms with Crippen molar-refractivity contribution in [2.45, 2.75) is 142 Å². The number of allylic oxidation sites excluding steroid dienone is 6. The molecule has 0 rings (SSSR count). The van der Waals surface area contributed by atoms with Crippen LogP contribution >= 0.6 is 0 Å². The molecule has 0 bridgehead atoms. The summed E-state index contributed by atoms with van der Waals surface area (Å²) in [7, 11) is 0. The zero-order chi connectivity index (χ0) is 30.4. The molecular formula is C35H60O6. The number of aliphatic hydroxyl groups is 2. The van der Waals surface area contributed by atoms with Crippen LogP contribution in [-0.4, -0.2) is 47.6 Å². The smallest absolute Gasteiger partial charge is 0.305 e. The minimum absolute atomic E-state index is 0.151. The standard InChI is InChI=1S/C35H60O6/c1-4-5-6-7-15-20-25-32(36)26-21-16-10-8-9-11-17-22-27-34(38)40-29-33(37)30-41-35(39)28-23-18-13-12-14-19-24-31(2)3/h9-11,15-16,20-21,26,31-33,36-37H,4-8,12-14,17-19,22-25,27-30H2,1-3H3/b11-9-,16-10-,20-15-,26-21+/t32-,33-/m1/s1. The molecule has 0 unspecified atom stereocenters. The molecule has 0 aliphatic carbocycles. The maximum Gasteiger partial charge on any atom is 0.305 e. The Balaban J connectivity index is 3.69. The Morgan fingerprint density at radius 2 is 1.29 bits per heavy atom. The molecule has 41 heavy (non-hydrogen) atoms. The average Bonchev–Trinajstić information content (AvgIpc) is 2.94. The van der Waals surface area contributed by atoms with Crippen LogP contribution in [0.5, 0.6) is 0 Å². The van der Waals surface area contributed by atoms with Crippen molar-refractivity contribution >= 4 is 11.9 Å². The molecule has 0 aliphatic rings. The zero-order valence-electron chi connectivity index (χ0n) is 26.3. The van der Waals surface area contributed by atoms with E-state index >= 15 is 0 Å². The molecule has 0 fully saturated rings. The fourth-order valence-electron chi connectivity index (χ4n) is 4.05. The summed E-state index contributed by atoms with van der Waals surface area (Å²) >= 11 is 0. The minimum Gasteiger partial charge on any atom is -0.463 e. The fraction of sp³-hybridized carbons (Fsp3) is 0.714. The molecule has 2 N–H and O–H groups in total. The van der Waals surface area contributed by atoms with Gasteiger partial charge in [-0.2, -0.15) is 0 Å². The second-order valence-corrected chi connectivity index (χ2v) is 11.3. The molecule has 0 saturated carbocycles. The maximum atomic E-state index is 11.9. The van der Waals surface area contributed by atoms with Crippen LogP contribution in [0.3, 0.4) is 0 Å². The highest BCUT2D eigenvalue weighted by Crippen LogP contribution is 2.12. The first-order valence-corrected chi connectivity index (χ1v) is 16.2. The van der Waals surface area contributed by atoms with Gasteiger partial charge >= 0.3 is 11.9 Å². The van der Waals surface area contributed by atoms with Gasteiger partial charge in [0.05, 0.1) is 6.10 Å². The Morgan fingerprint density at radius 1 is 0.683 bits per heavy atom. The first-order valence-electron chi connectivity index (χ1n) is 16.2. The van der Waals surface area contributed by atoms with Crippen molar-refractivity contribution in [2.24, 2.45) is 5.92 Å². The van der Waals surface area contributed by atoms with E-state index in [1.165, 1.54) is 44.9 Å². The van der Waals surface area contributed by atoms with Gasteiger partial charge in [-0.25, -0.2) is 0 Å². The molecule has 0 radical (unpaired) electrons. The maximum absolute atomic E-state index is 11.9. The van der Waals surface area contributed by atoms with E-state index in [1.54, 1.807) is 6.08 Å². The number of carbonyl (C=O) groups excluding carboxylic acids is 2. The van der Waals surface area contributed by atoms with Gasteiger partial charge in [0, 0.05) is 12.8 Å². The van der Waals surface area contributed by atoms with Crippen molar-refractivity contribution < 1.29 is 29.3 Å². The van der Waals surface area contributed by atoms with Crippen molar-refractivity contribution in [3.8, 4) is 0 Å². The SMILES string of the molecule is CCCCC/C=C\C[C@@H](O)/C=C/C=C\C/C=C\CCCC(=O)OC[C@@H](O)COC(=O)CCCCCCCCC(C)C. The lowest BCUT2D eigenvalue weighted by molar-refractivity contribution is -0.152. The predicted octanol–water partition coefficient (Wildman–Crippen LogP) is 8.33. The topological polar surface area (TPSA) is 93.1 Å². The van der Waals surface area contributed by atoms with E-state index in [4.69, 9.17) is 9.47 Å². The minimum atomic E-state index is -1.00. The first kappa shape index (κ1) is 38.8. The second kappa shape index (κ2) is 29.3. The van der Waals surface area contributed by atoms with E-state index in [9.17, 15) is 19.8 Å². The van der Waals surface area contributed by atoms with Gasteiger partial charge < -0.3 is 19.7 Å². The van der Waals surface area contributed by atoms with Crippen LogP contribution in [0.4, 0.5) is 0 Å². The number of esters is 2. The van der Waals surface area contributed by atoms with Crippen LogP contribution < -0.4 is 0 Å². The van der Waals surface area contributed by atoms with Crippen LogP contribution in [0.1, 0.15) is 130 Å². The van der Waals surface area contributed by atoms with Crippen LogP contribution in [0.15, 0.2) is 48.6 Å². The molecule has 0 spiro atoms. The number of hydrogen-bond donors (Lipinski definition) is 2. The summed E-state index contributed by atoms with van der Waals surface area (Å²) in [5, 5.41) is 19.8. The van der Waals surface area contributed by atoms with Crippen molar-refractivity contribution in [1.82, 2.24) is 0 Å². The average molecular weight is 577 g/mol. The highest BCUT2D eigenvalue weighted by atomic mass is 16.6. The number of aliphatic hydroxyl groups excluding tert-OH is 2. The molecule has 0 aromatic heterocycles. The molecule has 0 saturated heterocycles. The zero-order valence-corrected chi connectivity index (χ0v) is 26.3. The van der Waals surface area contributed by atoms with E-state index in [0.717, 1.165) is 44.4 Å². The van der Waals surface area contributed by atoms with Crippen LogP contribution in [0, 0.1) is 5.92 Å². The van der Waals surface area contributed by atoms with E-state index in [0.29, 0.717) is 19.3 Å². The van der Waals surface area contributed by atoms with E-state index in [1.807, 2.05) is 36.5 Å². The molecule has 236 valence electrons. The molecule has 0 aliphatic heterocycles. The number of carbonyl (C=O) groups is 2. The number of ether oxygens (including phenoxy) is 2. The van der Waals surface area contributed by atoms with Crippen LogP contribution in [0.2, 0.25) is 0 Å². The molecule has 0 aromatic rings. The lowest BCUT2D eigenvalue weighted by Gasteiger charge is -2.12. The Hall–Kier alpha value is -2.18. The molecule has 0 amide bonds. The molecular weight excluding hydrogens is 516 g/mol. The van der Waals surface area contributed by atoms with Crippen LogP contribution in [0.25, 0.3) is 0 Å². The highest BCUT2D eigenvalue weighted by Gasteiger charge is 2.12. The fourth-order valence-corrected chi connectivity index (χ4v) is 4.05. The van der Waals surface area contributed by atoms with Gasteiger partial charge in [-0.15, -0.1) is 0 Å². The van der Waals surface area contributed by atoms with Gasteiger partial charge in [-0.3, -0.25) is 9.59 Å². The van der Waals surface area contributed by atoms with E-state index in [2.05, 4.69) is 26.8 Å². The molecule has 2 atom stereocenters. The summed E-state index contributed by atoms with van der Waals surface area (Å²) < 4.78 is 10.2. The summed E-state index contributed by atoms with van der Waals surface area (Å²) in [6.45, 7) is 6.37. The quantitative estimate of drug-likeness (QED) is 0.0442. The van der Waals surface area contributed by atoms with Crippen molar-refractivity contribution in [3.05, 3.63) is 48.6 Å². The summed E-state index contributed by atoms with van der Waals surface area (Å²) in [5.74, 6) is 0.0893. The largest absolute Gasteiger partial charge is 0.463 e. The lowest BCUT2D eigenvalue weighted by atomic mass is 10.0. The third-order valence-electron chi connectivity index (χ3n) is 6.58. The molecule has 6 nitrogen and oxygen atoms in total. The van der Waals surface area contributed by atoms with Crippen LogP contribution in [-0.2, 0) is 19.1 Å². The predicted molar refractivity (Wildman–Crippen MR) is 169 cm³/mol. The summed E-state index contributed by atoms with van der Waals surface area (Å²) in [6, 6.07) is 0. The number of rotatable bonds is 27. The first-order chi connectivity index (χ1) is 19.8. The lowest BCUT2D eigenvalue weighted by Crippen LogP contribution is -2.25. The Kier molecular flexibility index (Phi) is 27.8. The van der Waals surface area contributed by atoms with Gasteiger partial charge in [0.1, 0.15) is 19.3 Å². The van der Waals surface area contributed by atoms with Gasteiger partial charge in [0.2, 0.25) is 0 Å². The Bertz CT molecular complexity index is 737. The van der Waals surface area contributed by atoms with Crippen molar-refractivity contribution in [1.29, 1.82) is 0 Å². The van der Waals surface area contributed by atoms with Crippen molar-refractivity contribution in [2.75, 3.05) is 13.2 Å². The third-order valence-corrected chi connectivity index (χ3v) is 6.58. The molecule has 6 heteroatoms. The molecule has 0 heterocycles. The monoisotopic (exact) mass is 576 g/mol. The Labute approximate surface area is 251 Å². The van der Waals surface area contributed by atoms with E-state index in [-0.39, 0.29) is 31.6 Å². The number of hydrogen-bond acceptors (Lipinski definition) is 6. The van der Waals surface area contributed by atoms with Gasteiger partial charge in [0.15, 0.2) is 0 Å². The van der Waals surface area contributed by atoms with Gasteiger partial charge in [-0.1, -0.05) is 121 Å². The second-order valence-electron chi connectivity index (χ2n) is 11.3. The van der Waals surface area contributed by atoms with Gasteiger partial charge in [-0.05, 0) is 50.9 Å². The van der Waals surface area contributed by atoms with E-state index < -0.39 is 12.2 Å². The molecule has 0 aromatic carbocycles. The third kappa shape index (κ3) is 30.6. The summed E-state index contributed by atoms with van der Waals surface area (Å²) in [6.07, 6.45) is 30.6.